The second-order valence-corrected chi connectivity index (χ2v) is 9.50. The summed E-state index contributed by atoms with van der Waals surface area (Å²) in [6, 6.07) is 26.9. The molecule has 1 atom stereocenters. The topological polar surface area (TPSA) is 38.8 Å². The van der Waals surface area contributed by atoms with Crippen LogP contribution in [0, 0.1) is 0 Å². The van der Waals surface area contributed by atoms with Gasteiger partial charge in [0.25, 0.3) is 5.91 Å². The maximum Gasteiger partial charge on any atom is 0.251 e. The van der Waals surface area contributed by atoms with E-state index in [1.807, 2.05) is 38.4 Å². The van der Waals surface area contributed by atoms with E-state index in [0.29, 0.717) is 12.1 Å². The Hall–Kier alpha value is -2.83. The van der Waals surface area contributed by atoms with Gasteiger partial charge in [0, 0.05) is 68.2 Å². The highest BCUT2D eigenvalue weighted by atomic mass is 79.9. The lowest BCUT2D eigenvalue weighted by Gasteiger charge is -2.40. The molecular formula is C27H31BrN4O. The molecule has 3 aromatic carbocycles. The van der Waals surface area contributed by atoms with Crippen LogP contribution in [0.5, 0.6) is 0 Å². The average molecular weight is 507 g/mol. The van der Waals surface area contributed by atoms with Crippen molar-refractivity contribution in [2.75, 3.05) is 56.6 Å². The molecule has 172 valence electrons. The van der Waals surface area contributed by atoms with Crippen LogP contribution in [0.2, 0.25) is 0 Å². The summed E-state index contributed by atoms with van der Waals surface area (Å²) in [7, 11) is 4.10. The number of amides is 1. The smallest absolute Gasteiger partial charge is 0.251 e. The van der Waals surface area contributed by atoms with Crippen molar-refractivity contribution in [1.82, 2.24) is 10.2 Å². The normalized spacial score (nSPS) is 15.2. The van der Waals surface area contributed by atoms with Crippen molar-refractivity contribution >= 4 is 33.2 Å². The van der Waals surface area contributed by atoms with E-state index in [9.17, 15) is 4.79 Å². The first-order valence-electron chi connectivity index (χ1n) is 11.4. The van der Waals surface area contributed by atoms with E-state index in [1.165, 1.54) is 16.9 Å². The Bertz CT molecular complexity index is 1050. The number of anilines is 2. The minimum absolute atomic E-state index is 0.0471. The van der Waals surface area contributed by atoms with Crippen LogP contribution in [0.3, 0.4) is 0 Å². The molecule has 1 aliphatic rings. The zero-order valence-electron chi connectivity index (χ0n) is 19.2. The first-order valence-corrected chi connectivity index (χ1v) is 12.2. The number of nitrogens with zero attached hydrogens (tertiary/aromatic N) is 3. The number of nitrogens with one attached hydrogen (secondary N) is 1. The lowest BCUT2D eigenvalue weighted by atomic mass is 10.0. The highest BCUT2D eigenvalue weighted by Gasteiger charge is 2.26. The predicted molar refractivity (Wildman–Crippen MR) is 140 cm³/mol. The molecule has 4 rings (SSSR count). The summed E-state index contributed by atoms with van der Waals surface area (Å²) < 4.78 is 0.906. The molecule has 33 heavy (non-hydrogen) atoms. The molecule has 0 aromatic heterocycles. The molecule has 1 amide bonds. The minimum atomic E-state index is -0.0471. The van der Waals surface area contributed by atoms with Crippen molar-refractivity contribution in [1.29, 1.82) is 0 Å². The minimum Gasteiger partial charge on any atom is -0.378 e. The summed E-state index contributed by atoms with van der Waals surface area (Å²) in [6.07, 6.45) is 0. The number of carbonyl (C=O) groups is 1. The van der Waals surface area contributed by atoms with Gasteiger partial charge in [0.15, 0.2) is 0 Å². The van der Waals surface area contributed by atoms with Crippen LogP contribution in [-0.2, 0) is 0 Å². The second-order valence-electron chi connectivity index (χ2n) is 8.58. The van der Waals surface area contributed by atoms with Gasteiger partial charge in [0.1, 0.15) is 0 Å². The Morgan fingerprint density at radius 3 is 2.27 bits per heavy atom. The molecular weight excluding hydrogens is 476 g/mol. The molecule has 1 saturated heterocycles. The highest BCUT2D eigenvalue weighted by Crippen LogP contribution is 2.26. The Balaban J connectivity index is 1.48. The van der Waals surface area contributed by atoms with Crippen molar-refractivity contribution in [2.24, 2.45) is 0 Å². The van der Waals surface area contributed by atoms with Gasteiger partial charge in [-0.1, -0.05) is 52.3 Å². The average Bonchev–Trinajstić information content (AvgIpc) is 2.85. The van der Waals surface area contributed by atoms with Gasteiger partial charge < -0.3 is 15.1 Å². The number of rotatable bonds is 7. The van der Waals surface area contributed by atoms with Gasteiger partial charge in [0.05, 0.1) is 6.04 Å². The van der Waals surface area contributed by atoms with Crippen molar-refractivity contribution in [3.63, 3.8) is 0 Å². The summed E-state index contributed by atoms with van der Waals surface area (Å²) in [4.78, 5) is 19.9. The maximum absolute atomic E-state index is 12.8. The molecule has 0 spiro atoms. The molecule has 1 heterocycles. The van der Waals surface area contributed by atoms with E-state index >= 15 is 0 Å². The third-order valence-electron chi connectivity index (χ3n) is 6.21. The van der Waals surface area contributed by atoms with Crippen LogP contribution in [0.15, 0.2) is 83.3 Å². The molecule has 0 aliphatic carbocycles. The summed E-state index contributed by atoms with van der Waals surface area (Å²) in [6.45, 7) is 4.40. The summed E-state index contributed by atoms with van der Waals surface area (Å²) >= 11 is 3.46. The van der Waals surface area contributed by atoms with E-state index < -0.39 is 0 Å². The quantitative estimate of drug-likeness (QED) is 0.499. The summed E-state index contributed by atoms with van der Waals surface area (Å²) in [5.74, 6) is -0.0471. The lowest BCUT2D eigenvalue weighted by Crippen LogP contribution is -2.50. The molecule has 5 nitrogen and oxygen atoms in total. The monoisotopic (exact) mass is 506 g/mol. The Morgan fingerprint density at radius 1 is 0.939 bits per heavy atom. The van der Waals surface area contributed by atoms with E-state index in [2.05, 4.69) is 90.5 Å². The van der Waals surface area contributed by atoms with E-state index in [0.717, 1.165) is 30.7 Å². The molecule has 1 N–H and O–H groups in total. The standard InChI is InChI=1S/C27H31BrN4O/c1-30(2)24-13-11-21(12-14-24)26(20-29-27(33)22-7-6-8-23(28)19-22)32-17-15-31(16-18-32)25-9-4-3-5-10-25/h3-14,19,26H,15-18,20H2,1-2H3,(H,29,33). The number of piperazine rings is 1. The largest absolute Gasteiger partial charge is 0.378 e. The molecule has 3 aromatic rings. The third kappa shape index (κ3) is 5.95. The second kappa shape index (κ2) is 10.9. The molecule has 6 heteroatoms. The van der Waals surface area contributed by atoms with Crippen LogP contribution in [0.25, 0.3) is 0 Å². The summed E-state index contributed by atoms with van der Waals surface area (Å²) in [5.41, 5.74) is 4.33. The fraction of sp³-hybridized carbons (Fsp3) is 0.296. The molecule has 1 unspecified atom stereocenters. The molecule has 0 radical (unpaired) electrons. The zero-order valence-corrected chi connectivity index (χ0v) is 20.8. The Morgan fingerprint density at radius 2 is 1.64 bits per heavy atom. The van der Waals surface area contributed by atoms with Gasteiger partial charge in [0.2, 0.25) is 0 Å². The van der Waals surface area contributed by atoms with Crippen LogP contribution in [-0.4, -0.2) is 57.6 Å². The van der Waals surface area contributed by atoms with Crippen LogP contribution in [0.1, 0.15) is 22.0 Å². The molecule has 1 fully saturated rings. The zero-order chi connectivity index (χ0) is 23.2. The van der Waals surface area contributed by atoms with Crippen LogP contribution in [0.4, 0.5) is 11.4 Å². The lowest BCUT2D eigenvalue weighted by molar-refractivity contribution is 0.0930. The van der Waals surface area contributed by atoms with Gasteiger partial charge >= 0.3 is 0 Å². The van der Waals surface area contributed by atoms with E-state index in [-0.39, 0.29) is 11.9 Å². The first kappa shape index (κ1) is 23.3. The van der Waals surface area contributed by atoms with Gasteiger partial charge in [-0.3, -0.25) is 9.69 Å². The number of benzene rings is 3. The van der Waals surface area contributed by atoms with E-state index in [4.69, 9.17) is 0 Å². The number of carbonyl (C=O) groups excluding carboxylic acids is 1. The van der Waals surface area contributed by atoms with Crippen molar-refractivity contribution in [3.05, 3.63) is 94.5 Å². The third-order valence-corrected chi connectivity index (χ3v) is 6.71. The van der Waals surface area contributed by atoms with Crippen LogP contribution < -0.4 is 15.1 Å². The predicted octanol–water partition coefficient (Wildman–Crippen LogP) is 4.81. The van der Waals surface area contributed by atoms with Crippen molar-refractivity contribution in [3.8, 4) is 0 Å². The van der Waals surface area contributed by atoms with Gasteiger partial charge in [-0.25, -0.2) is 0 Å². The highest BCUT2D eigenvalue weighted by molar-refractivity contribution is 9.10. The first-order chi connectivity index (χ1) is 16.0. The molecule has 1 aliphatic heterocycles. The fourth-order valence-electron chi connectivity index (χ4n) is 4.30. The number of hydrogen-bond donors (Lipinski definition) is 1. The molecule has 0 bridgehead atoms. The Labute approximate surface area is 205 Å². The fourth-order valence-corrected chi connectivity index (χ4v) is 4.70. The van der Waals surface area contributed by atoms with Crippen LogP contribution >= 0.6 is 15.9 Å². The Kier molecular flexibility index (Phi) is 7.68. The van der Waals surface area contributed by atoms with Gasteiger partial charge in [-0.15, -0.1) is 0 Å². The van der Waals surface area contributed by atoms with Crippen molar-refractivity contribution < 1.29 is 4.79 Å². The van der Waals surface area contributed by atoms with Crippen molar-refractivity contribution in [2.45, 2.75) is 6.04 Å². The molecule has 0 saturated carbocycles. The maximum atomic E-state index is 12.8. The van der Waals surface area contributed by atoms with Gasteiger partial charge in [-0.05, 0) is 48.0 Å². The van der Waals surface area contributed by atoms with Gasteiger partial charge in [-0.2, -0.15) is 0 Å². The summed E-state index contributed by atoms with van der Waals surface area (Å²) in [5, 5.41) is 3.18. The van der Waals surface area contributed by atoms with E-state index in [1.54, 1.807) is 0 Å². The number of hydrogen-bond acceptors (Lipinski definition) is 4. The SMILES string of the molecule is CN(C)c1ccc(C(CNC(=O)c2cccc(Br)c2)N2CCN(c3ccccc3)CC2)cc1. The number of halogens is 1. The number of para-hydroxylation sites is 1.